The van der Waals surface area contributed by atoms with Gasteiger partial charge in [-0.3, -0.25) is 9.89 Å². The number of amides is 1. The van der Waals surface area contributed by atoms with E-state index in [-0.39, 0.29) is 11.9 Å². The number of rotatable bonds is 7. The number of nitrogens with zero attached hydrogens (tertiary/aromatic N) is 3. The van der Waals surface area contributed by atoms with Crippen molar-refractivity contribution in [2.45, 2.75) is 18.9 Å². The Balaban J connectivity index is 1.29. The number of ether oxygens (including phenoxy) is 2. The highest BCUT2D eigenvalue weighted by Gasteiger charge is 2.23. The molecule has 0 bridgehead atoms. The number of aromatic amines is 1. The third-order valence-corrected chi connectivity index (χ3v) is 5.78. The Bertz CT molecular complexity index is 1280. The Kier molecular flexibility index (Phi) is 6.11. The summed E-state index contributed by atoms with van der Waals surface area (Å²) in [6, 6.07) is 19.1. The van der Waals surface area contributed by atoms with Gasteiger partial charge in [-0.2, -0.15) is 5.10 Å². The normalized spacial score (nSPS) is 14.1. The van der Waals surface area contributed by atoms with E-state index in [2.05, 4.69) is 27.1 Å². The molecule has 1 aliphatic rings. The van der Waals surface area contributed by atoms with E-state index in [1.807, 2.05) is 65.6 Å². The second-order valence-corrected chi connectivity index (χ2v) is 8.04. The van der Waals surface area contributed by atoms with E-state index in [9.17, 15) is 4.79 Å². The number of likely N-dealkylation sites (tertiary alicyclic amines) is 1. The Morgan fingerprint density at radius 1 is 1.00 bits per heavy atom. The predicted octanol–water partition coefficient (Wildman–Crippen LogP) is 5.13. The molecule has 2 aromatic carbocycles. The monoisotopic (exact) mass is 455 g/mol. The van der Waals surface area contributed by atoms with Gasteiger partial charge in [0, 0.05) is 31.4 Å². The van der Waals surface area contributed by atoms with E-state index < -0.39 is 0 Å². The number of carbonyl (C=O) groups excluding carboxylic acids is 1. The Morgan fingerprint density at radius 3 is 2.38 bits per heavy atom. The van der Waals surface area contributed by atoms with Crippen LogP contribution in [0.2, 0.25) is 0 Å². The fourth-order valence-corrected chi connectivity index (χ4v) is 4.01. The molecule has 8 nitrogen and oxygen atoms in total. The molecule has 3 heterocycles. The highest BCUT2D eigenvalue weighted by atomic mass is 16.5. The summed E-state index contributed by atoms with van der Waals surface area (Å²) < 4.78 is 12.0. The first-order chi connectivity index (χ1) is 16.7. The Labute approximate surface area is 197 Å². The van der Waals surface area contributed by atoms with Gasteiger partial charge >= 0.3 is 0 Å². The quantitative estimate of drug-likeness (QED) is 0.375. The Hall–Kier alpha value is -4.33. The highest BCUT2D eigenvalue weighted by molar-refractivity contribution is 5.93. The van der Waals surface area contributed by atoms with Gasteiger partial charge in [0.1, 0.15) is 28.4 Å². The summed E-state index contributed by atoms with van der Waals surface area (Å²) >= 11 is 0. The van der Waals surface area contributed by atoms with Gasteiger partial charge in [-0.1, -0.05) is 24.8 Å². The summed E-state index contributed by atoms with van der Waals surface area (Å²) in [5.74, 6) is 3.50. The van der Waals surface area contributed by atoms with E-state index in [0.29, 0.717) is 36.1 Å². The van der Waals surface area contributed by atoms with Gasteiger partial charge in [0.25, 0.3) is 0 Å². The molecule has 0 saturated carbocycles. The zero-order chi connectivity index (χ0) is 23.3. The standard InChI is InChI=1S/C26H25N5O3/c1-2-23(32)31-16-13-18(14-17-31)28-26-24-22(12-15-27-25(24)29-30-26)34-21-10-8-20(9-11-21)33-19-6-4-3-5-7-19/h2-12,15,18H,1,13-14,16-17H2,(H2,27,28,29,30). The molecule has 34 heavy (non-hydrogen) atoms. The Morgan fingerprint density at radius 2 is 1.68 bits per heavy atom. The van der Waals surface area contributed by atoms with Crippen molar-refractivity contribution in [3.8, 4) is 23.0 Å². The maximum absolute atomic E-state index is 11.8. The number of aromatic nitrogens is 3. The number of pyridine rings is 1. The molecular formula is C26H25N5O3. The van der Waals surface area contributed by atoms with Gasteiger partial charge in [0.05, 0.1) is 0 Å². The summed E-state index contributed by atoms with van der Waals surface area (Å²) in [4.78, 5) is 18.0. The van der Waals surface area contributed by atoms with Crippen molar-refractivity contribution < 1.29 is 14.3 Å². The molecule has 1 fully saturated rings. The summed E-state index contributed by atoms with van der Waals surface area (Å²) in [7, 11) is 0. The van der Waals surface area contributed by atoms with Crippen LogP contribution in [0.3, 0.4) is 0 Å². The number of hydrogen-bond donors (Lipinski definition) is 2. The van der Waals surface area contributed by atoms with Crippen LogP contribution >= 0.6 is 0 Å². The summed E-state index contributed by atoms with van der Waals surface area (Å²) in [6.07, 6.45) is 4.71. The lowest BCUT2D eigenvalue weighted by atomic mass is 10.0. The fourth-order valence-electron chi connectivity index (χ4n) is 4.01. The predicted molar refractivity (Wildman–Crippen MR) is 130 cm³/mol. The van der Waals surface area contributed by atoms with Gasteiger partial charge in [-0.25, -0.2) is 4.98 Å². The third-order valence-electron chi connectivity index (χ3n) is 5.78. The number of hydrogen-bond acceptors (Lipinski definition) is 6. The van der Waals surface area contributed by atoms with Gasteiger partial charge in [-0.05, 0) is 55.3 Å². The first kappa shape index (κ1) is 21.5. The molecule has 2 N–H and O–H groups in total. The van der Waals surface area contributed by atoms with E-state index in [0.717, 1.165) is 29.7 Å². The van der Waals surface area contributed by atoms with Crippen LogP contribution < -0.4 is 14.8 Å². The number of nitrogens with one attached hydrogen (secondary N) is 2. The molecule has 0 spiro atoms. The second kappa shape index (κ2) is 9.66. The minimum absolute atomic E-state index is 0.0243. The van der Waals surface area contributed by atoms with Gasteiger partial charge in [-0.15, -0.1) is 0 Å². The second-order valence-electron chi connectivity index (χ2n) is 8.04. The van der Waals surface area contributed by atoms with Crippen molar-refractivity contribution in [3.63, 3.8) is 0 Å². The lowest BCUT2D eigenvalue weighted by Gasteiger charge is -2.31. The molecule has 1 aliphatic heterocycles. The minimum atomic E-state index is -0.0243. The van der Waals surface area contributed by atoms with Gasteiger partial charge in [0.15, 0.2) is 11.5 Å². The molecule has 0 aliphatic carbocycles. The fraction of sp³-hybridized carbons (Fsp3) is 0.192. The van der Waals surface area contributed by atoms with Crippen molar-refractivity contribution in [1.29, 1.82) is 0 Å². The molecule has 0 unspecified atom stereocenters. The van der Waals surface area contributed by atoms with Crippen LogP contribution in [0.1, 0.15) is 12.8 Å². The summed E-state index contributed by atoms with van der Waals surface area (Å²) in [5.41, 5.74) is 0.642. The zero-order valence-corrected chi connectivity index (χ0v) is 18.6. The number of para-hydroxylation sites is 1. The third kappa shape index (κ3) is 4.71. The van der Waals surface area contributed by atoms with Crippen LogP contribution in [0.5, 0.6) is 23.0 Å². The molecule has 5 rings (SSSR count). The molecule has 172 valence electrons. The first-order valence-electron chi connectivity index (χ1n) is 11.2. The molecule has 4 aromatic rings. The molecule has 8 heteroatoms. The average Bonchev–Trinajstić information content (AvgIpc) is 3.29. The maximum Gasteiger partial charge on any atom is 0.245 e. The van der Waals surface area contributed by atoms with E-state index >= 15 is 0 Å². The smallest absolute Gasteiger partial charge is 0.245 e. The molecule has 0 atom stereocenters. The molecule has 1 saturated heterocycles. The van der Waals surface area contributed by atoms with Crippen molar-refractivity contribution in [2.24, 2.45) is 0 Å². The highest BCUT2D eigenvalue weighted by Crippen LogP contribution is 2.34. The molecule has 0 radical (unpaired) electrons. The lowest BCUT2D eigenvalue weighted by molar-refractivity contribution is -0.126. The van der Waals surface area contributed by atoms with Crippen molar-refractivity contribution >= 4 is 22.8 Å². The molecular weight excluding hydrogens is 430 g/mol. The number of H-pyrrole nitrogens is 1. The largest absolute Gasteiger partial charge is 0.457 e. The van der Waals surface area contributed by atoms with Crippen LogP contribution in [-0.2, 0) is 4.79 Å². The summed E-state index contributed by atoms with van der Waals surface area (Å²) in [5, 5.41) is 11.7. The van der Waals surface area contributed by atoms with Crippen LogP contribution in [-0.4, -0.2) is 45.1 Å². The average molecular weight is 456 g/mol. The molecule has 1 amide bonds. The van der Waals surface area contributed by atoms with Crippen LogP contribution in [0, 0.1) is 0 Å². The van der Waals surface area contributed by atoms with Crippen molar-refractivity contribution in [2.75, 3.05) is 18.4 Å². The SMILES string of the molecule is C=CC(=O)N1CCC(Nc2n[nH]c3nccc(Oc4ccc(Oc5ccccc5)cc4)c23)CC1. The van der Waals surface area contributed by atoms with Crippen molar-refractivity contribution in [3.05, 3.63) is 79.5 Å². The summed E-state index contributed by atoms with van der Waals surface area (Å²) in [6.45, 7) is 4.94. The maximum atomic E-state index is 11.8. The van der Waals surface area contributed by atoms with E-state index in [4.69, 9.17) is 9.47 Å². The van der Waals surface area contributed by atoms with Gasteiger partial charge < -0.3 is 19.7 Å². The minimum Gasteiger partial charge on any atom is -0.457 e. The van der Waals surface area contributed by atoms with Crippen LogP contribution in [0.25, 0.3) is 11.0 Å². The topological polar surface area (TPSA) is 92.4 Å². The van der Waals surface area contributed by atoms with E-state index in [1.165, 1.54) is 6.08 Å². The van der Waals surface area contributed by atoms with E-state index in [1.54, 1.807) is 6.20 Å². The zero-order valence-electron chi connectivity index (χ0n) is 18.6. The van der Waals surface area contributed by atoms with Gasteiger partial charge in [0.2, 0.25) is 5.91 Å². The number of carbonyl (C=O) groups is 1. The first-order valence-corrected chi connectivity index (χ1v) is 11.2. The van der Waals surface area contributed by atoms with Crippen LogP contribution in [0.4, 0.5) is 5.82 Å². The number of anilines is 1. The van der Waals surface area contributed by atoms with Crippen LogP contribution in [0.15, 0.2) is 79.5 Å². The number of piperidine rings is 1. The number of benzene rings is 2. The lowest BCUT2D eigenvalue weighted by Crippen LogP contribution is -2.41. The number of fused-ring (bicyclic) bond motifs is 1. The van der Waals surface area contributed by atoms with Crippen molar-refractivity contribution in [1.82, 2.24) is 20.1 Å². The molecule has 2 aromatic heterocycles.